The average molecular weight is 288 g/mol. The summed E-state index contributed by atoms with van der Waals surface area (Å²) in [5, 5.41) is 19.6. The van der Waals surface area contributed by atoms with Crippen LogP contribution >= 0.6 is 0 Å². The number of nitrogens with zero attached hydrogens (tertiary/aromatic N) is 2. The molecule has 0 aliphatic heterocycles. The monoisotopic (exact) mass is 288 g/mol. The van der Waals surface area contributed by atoms with Crippen molar-refractivity contribution < 1.29 is 14.8 Å². The standard InChI is InChI=1S/C14H12N2O5/c1-2-15-12(8-7-11(13(15)17)14(18)19)9-3-5-10(6-4-9)16(20)21/h3-8H,2H2,1H3,(H,18,19). The van der Waals surface area contributed by atoms with Gasteiger partial charge in [-0.05, 0) is 36.8 Å². The third kappa shape index (κ3) is 2.66. The fourth-order valence-electron chi connectivity index (χ4n) is 2.06. The van der Waals surface area contributed by atoms with Crippen molar-refractivity contribution >= 4 is 11.7 Å². The number of nitro benzene ring substituents is 1. The first-order chi connectivity index (χ1) is 9.95. The van der Waals surface area contributed by atoms with Crippen LogP contribution in [0.25, 0.3) is 11.3 Å². The minimum Gasteiger partial charge on any atom is -0.477 e. The quantitative estimate of drug-likeness (QED) is 0.685. The van der Waals surface area contributed by atoms with Gasteiger partial charge in [-0.25, -0.2) is 4.79 Å². The zero-order chi connectivity index (χ0) is 15.6. The number of hydrogen-bond donors (Lipinski definition) is 1. The largest absolute Gasteiger partial charge is 0.477 e. The number of hydrogen-bond acceptors (Lipinski definition) is 4. The predicted molar refractivity (Wildman–Crippen MR) is 75.4 cm³/mol. The Bertz CT molecular complexity index is 762. The van der Waals surface area contributed by atoms with Crippen LogP contribution in [-0.2, 0) is 6.54 Å². The molecule has 108 valence electrons. The van der Waals surface area contributed by atoms with E-state index in [4.69, 9.17) is 5.11 Å². The molecule has 0 radical (unpaired) electrons. The van der Waals surface area contributed by atoms with Crippen LogP contribution in [0, 0.1) is 10.1 Å². The molecule has 0 fully saturated rings. The molecule has 1 aromatic heterocycles. The maximum Gasteiger partial charge on any atom is 0.341 e. The summed E-state index contributed by atoms with van der Waals surface area (Å²) >= 11 is 0. The highest BCUT2D eigenvalue weighted by Crippen LogP contribution is 2.21. The van der Waals surface area contributed by atoms with Gasteiger partial charge < -0.3 is 9.67 Å². The lowest BCUT2D eigenvalue weighted by Gasteiger charge is -2.11. The fourth-order valence-corrected chi connectivity index (χ4v) is 2.06. The van der Waals surface area contributed by atoms with Crippen molar-refractivity contribution in [1.82, 2.24) is 4.57 Å². The van der Waals surface area contributed by atoms with Gasteiger partial charge in [0.1, 0.15) is 5.56 Å². The van der Waals surface area contributed by atoms with Gasteiger partial charge in [-0.2, -0.15) is 0 Å². The van der Waals surface area contributed by atoms with E-state index in [0.717, 1.165) is 0 Å². The molecule has 0 saturated heterocycles. The van der Waals surface area contributed by atoms with Crippen molar-refractivity contribution in [3.05, 3.63) is 62.4 Å². The number of carbonyl (C=O) groups is 1. The van der Waals surface area contributed by atoms with E-state index in [2.05, 4.69) is 0 Å². The van der Waals surface area contributed by atoms with Crippen LogP contribution < -0.4 is 5.56 Å². The third-order valence-corrected chi connectivity index (χ3v) is 3.09. The van der Waals surface area contributed by atoms with E-state index in [1.807, 2.05) is 0 Å². The van der Waals surface area contributed by atoms with Crippen LogP contribution in [0.1, 0.15) is 17.3 Å². The van der Waals surface area contributed by atoms with Gasteiger partial charge in [-0.1, -0.05) is 0 Å². The zero-order valence-corrected chi connectivity index (χ0v) is 11.1. The number of pyridine rings is 1. The predicted octanol–water partition coefficient (Wildman–Crippen LogP) is 2.14. The van der Waals surface area contributed by atoms with Crippen molar-refractivity contribution in [2.24, 2.45) is 0 Å². The highest BCUT2D eigenvalue weighted by atomic mass is 16.6. The lowest BCUT2D eigenvalue weighted by Crippen LogP contribution is -2.26. The number of non-ortho nitro benzene ring substituents is 1. The fraction of sp³-hybridized carbons (Fsp3) is 0.143. The van der Waals surface area contributed by atoms with E-state index in [-0.39, 0.29) is 11.3 Å². The molecule has 0 bridgehead atoms. The molecule has 0 atom stereocenters. The topological polar surface area (TPSA) is 102 Å². The normalized spacial score (nSPS) is 10.3. The van der Waals surface area contributed by atoms with Crippen LogP contribution in [0.2, 0.25) is 0 Å². The van der Waals surface area contributed by atoms with Crippen LogP contribution in [0.4, 0.5) is 5.69 Å². The third-order valence-electron chi connectivity index (χ3n) is 3.09. The lowest BCUT2D eigenvalue weighted by atomic mass is 10.1. The Morgan fingerprint density at radius 1 is 1.24 bits per heavy atom. The first kappa shape index (κ1) is 14.4. The molecule has 0 aliphatic carbocycles. The highest BCUT2D eigenvalue weighted by molar-refractivity contribution is 5.87. The zero-order valence-electron chi connectivity index (χ0n) is 11.1. The molecule has 0 unspecified atom stereocenters. The Balaban J connectivity index is 2.59. The molecular formula is C14H12N2O5. The molecule has 1 aromatic carbocycles. The van der Waals surface area contributed by atoms with E-state index in [9.17, 15) is 19.7 Å². The Morgan fingerprint density at radius 2 is 1.86 bits per heavy atom. The number of carboxylic acid groups (broad SMARTS) is 1. The number of benzene rings is 1. The molecule has 0 amide bonds. The second-order valence-electron chi connectivity index (χ2n) is 4.29. The summed E-state index contributed by atoms with van der Waals surface area (Å²) < 4.78 is 1.32. The van der Waals surface area contributed by atoms with E-state index in [1.165, 1.54) is 41.0 Å². The first-order valence-corrected chi connectivity index (χ1v) is 6.17. The second kappa shape index (κ2) is 5.58. The molecular weight excluding hydrogens is 276 g/mol. The molecule has 1 N–H and O–H groups in total. The molecule has 7 nitrogen and oxygen atoms in total. The summed E-state index contributed by atoms with van der Waals surface area (Å²) in [4.78, 5) is 33.2. The molecule has 0 aliphatic rings. The molecule has 7 heteroatoms. The average Bonchev–Trinajstić information content (AvgIpc) is 2.46. The Kier molecular flexibility index (Phi) is 3.84. The minimum atomic E-state index is -1.28. The lowest BCUT2D eigenvalue weighted by molar-refractivity contribution is -0.384. The van der Waals surface area contributed by atoms with Gasteiger partial charge in [-0.3, -0.25) is 14.9 Å². The van der Waals surface area contributed by atoms with Gasteiger partial charge >= 0.3 is 5.97 Å². The summed E-state index contributed by atoms with van der Waals surface area (Å²) in [7, 11) is 0. The Morgan fingerprint density at radius 3 is 2.33 bits per heavy atom. The van der Waals surface area contributed by atoms with Crippen LogP contribution in [-0.4, -0.2) is 20.6 Å². The number of aromatic carboxylic acids is 1. The molecule has 0 spiro atoms. The van der Waals surface area contributed by atoms with Crippen molar-refractivity contribution in [3.63, 3.8) is 0 Å². The van der Waals surface area contributed by atoms with Crippen molar-refractivity contribution in [2.75, 3.05) is 0 Å². The maximum atomic E-state index is 12.1. The summed E-state index contributed by atoms with van der Waals surface area (Å²) in [6, 6.07) is 8.50. The minimum absolute atomic E-state index is 0.0497. The van der Waals surface area contributed by atoms with Crippen LogP contribution in [0.15, 0.2) is 41.2 Å². The van der Waals surface area contributed by atoms with Crippen molar-refractivity contribution in [2.45, 2.75) is 13.5 Å². The number of aromatic nitrogens is 1. The van der Waals surface area contributed by atoms with Crippen LogP contribution in [0.3, 0.4) is 0 Å². The molecule has 0 saturated carbocycles. The van der Waals surface area contributed by atoms with Gasteiger partial charge in [0.25, 0.3) is 11.2 Å². The summed E-state index contributed by atoms with van der Waals surface area (Å²) in [5.41, 5.74) is 0.175. The van der Waals surface area contributed by atoms with Gasteiger partial charge in [0, 0.05) is 18.7 Å². The van der Waals surface area contributed by atoms with Gasteiger partial charge in [0.2, 0.25) is 0 Å². The summed E-state index contributed by atoms with van der Waals surface area (Å²) in [6.45, 7) is 2.02. The summed E-state index contributed by atoms with van der Waals surface area (Å²) in [5.74, 6) is -1.28. The van der Waals surface area contributed by atoms with E-state index in [1.54, 1.807) is 6.92 Å². The maximum absolute atomic E-state index is 12.1. The second-order valence-corrected chi connectivity index (χ2v) is 4.29. The van der Waals surface area contributed by atoms with E-state index >= 15 is 0 Å². The van der Waals surface area contributed by atoms with Crippen molar-refractivity contribution in [3.8, 4) is 11.3 Å². The molecule has 2 aromatic rings. The van der Waals surface area contributed by atoms with E-state index < -0.39 is 16.5 Å². The number of rotatable bonds is 4. The first-order valence-electron chi connectivity index (χ1n) is 6.17. The summed E-state index contributed by atoms with van der Waals surface area (Å²) in [6.07, 6.45) is 0. The Labute approximate surface area is 119 Å². The SMILES string of the molecule is CCn1c(-c2ccc([N+](=O)[O-])cc2)ccc(C(=O)O)c1=O. The number of carboxylic acids is 1. The highest BCUT2D eigenvalue weighted by Gasteiger charge is 2.14. The van der Waals surface area contributed by atoms with Crippen molar-refractivity contribution in [1.29, 1.82) is 0 Å². The van der Waals surface area contributed by atoms with Crippen LogP contribution in [0.5, 0.6) is 0 Å². The van der Waals surface area contributed by atoms with E-state index in [0.29, 0.717) is 17.8 Å². The number of nitro groups is 1. The molecule has 21 heavy (non-hydrogen) atoms. The Hall–Kier alpha value is -2.96. The van der Waals surface area contributed by atoms with Gasteiger partial charge in [-0.15, -0.1) is 0 Å². The molecule has 1 heterocycles. The van der Waals surface area contributed by atoms with Gasteiger partial charge in [0.05, 0.1) is 10.6 Å². The smallest absolute Gasteiger partial charge is 0.341 e. The molecule has 2 rings (SSSR count). The van der Waals surface area contributed by atoms with Gasteiger partial charge in [0.15, 0.2) is 0 Å².